The van der Waals surface area contributed by atoms with Crippen LogP contribution in [-0.4, -0.2) is 18.2 Å². The molecule has 0 aliphatic carbocycles. The van der Waals surface area contributed by atoms with Gasteiger partial charge in [-0.25, -0.2) is 0 Å². The molecule has 2 aromatic carbocycles. The predicted octanol–water partition coefficient (Wildman–Crippen LogP) is 4.17. The van der Waals surface area contributed by atoms with E-state index in [1.807, 2.05) is 12.1 Å². The molecule has 1 heterocycles. The Morgan fingerprint density at radius 2 is 1.67 bits per heavy atom. The van der Waals surface area contributed by atoms with Gasteiger partial charge in [-0.1, -0.05) is 24.3 Å². The molecule has 2 N–H and O–H groups in total. The van der Waals surface area contributed by atoms with Crippen molar-refractivity contribution in [3.8, 4) is 5.75 Å². The van der Waals surface area contributed by atoms with E-state index in [1.165, 1.54) is 29.8 Å². The van der Waals surface area contributed by atoms with Gasteiger partial charge in [0.05, 0.1) is 11.4 Å². The SMILES string of the molecule is CC(Nc1ccccc1N1CCCC1)c1ccc(O)cc1. The number of nitrogens with one attached hydrogen (secondary N) is 1. The van der Waals surface area contributed by atoms with Crippen molar-refractivity contribution in [2.75, 3.05) is 23.3 Å². The van der Waals surface area contributed by atoms with E-state index in [-0.39, 0.29) is 6.04 Å². The molecule has 1 unspecified atom stereocenters. The Morgan fingerprint density at radius 1 is 1.00 bits per heavy atom. The maximum absolute atomic E-state index is 9.39. The van der Waals surface area contributed by atoms with Crippen LogP contribution in [0.5, 0.6) is 5.75 Å². The number of benzene rings is 2. The monoisotopic (exact) mass is 282 g/mol. The molecule has 0 bridgehead atoms. The fourth-order valence-corrected chi connectivity index (χ4v) is 2.91. The molecular weight excluding hydrogens is 260 g/mol. The van der Waals surface area contributed by atoms with E-state index in [0.717, 1.165) is 13.1 Å². The molecule has 3 nitrogen and oxygen atoms in total. The highest BCUT2D eigenvalue weighted by Crippen LogP contribution is 2.31. The van der Waals surface area contributed by atoms with Gasteiger partial charge in [0.1, 0.15) is 5.75 Å². The third kappa shape index (κ3) is 3.13. The number of rotatable bonds is 4. The lowest BCUT2D eigenvalue weighted by Gasteiger charge is -2.24. The fourth-order valence-electron chi connectivity index (χ4n) is 2.91. The summed E-state index contributed by atoms with van der Waals surface area (Å²) in [5.41, 5.74) is 3.64. The standard InChI is InChI=1S/C18H22N2O/c1-14(15-8-10-16(21)11-9-15)19-17-6-2-3-7-18(17)20-12-4-5-13-20/h2-3,6-11,14,19,21H,4-5,12-13H2,1H3. The Morgan fingerprint density at radius 3 is 2.38 bits per heavy atom. The van der Waals surface area contributed by atoms with Gasteiger partial charge in [0.15, 0.2) is 0 Å². The summed E-state index contributed by atoms with van der Waals surface area (Å²) in [6, 6.07) is 16.1. The highest BCUT2D eigenvalue weighted by Gasteiger charge is 2.16. The lowest BCUT2D eigenvalue weighted by atomic mass is 10.1. The first-order chi connectivity index (χ1) is 10.2. The van der Waals surface area contributed by atoms with Gasteiger partial charge in [-0.2, -0.15) is 0 Å². The molecule has 1 saturated heterocycles. The topological polar surface area (TPSA) is 35.5 Å². The summed E-state index contributed by atoms with van der Waals surface area (Å²) < 4.78 is 0. The Kier molecular flexibility index (Phi) is 4.00. The number of nitrogens with zero attached hydrogens (tertiary/aromatic N) is 1. The number of phenols is 1. The number of hydrogen-bond acceptors (Lipinski definition) is 3. The molecule has 2 aromatic rings. The molecule has 0 amide bonds. The van der Waals surface area contributed by atoms with Gasteiger partial charge in [-0.15, -0.1) is 0 Å². The second-order valence-electron chi connectivity index (χ2n) is 5.67. The zero-order valence-corrected chi connectivity index (χ0v) is 12.4. The maximum atomic E-state index is 9.39. The number of hydrogen-bond donors (Lipinski definition) is 2. The second-order valence-corrected chi connectivity index (χ2v) is 5.67. The molecule has 0 aromatic heterocycles. The molecule has 21 heavy (non-hydrogen) atoms. The lowest BCUT2D eigenvalue weighted by Crippen LogP contribution is -2.20. The zero-order chi connectivity index (χ0) is 14.7. The van der Waals surface area contributed by atoms with Crippen LogP contribution in [0.4, 0.5) is 11.4 Å². The molecule has 110 valence electrons. The summed E-state index contributed by atoms with van der Waals surface area (Å²) in [7, 11) is 0. The highest BCUT2D eigenvalue weighted by atomic mass is 16.3. The first kappa shape index (κ1) is 13.8. The minimum atomic E-state index is 0.203. The number of para-hydroxylation sites is 2. The number of phenolic OH excluding ortho intramolecular Hbond substituents is 1. The van der Waals surface area contributed by atoms with Crippen LogP contribution in [0.1, 0.15) is 31.4 Å². The summed E-state index contributed by atoms with van der Waals surface area (Å²) in [6.45, 7) is 4.44. The van der Waals surface area contributed by atoms with Gasteiger partial charge in [0.25, 0.3) is 0 Å². The first-order valence-electron chi connectivity index (χ1n) is 7.63. The third-order valence-electron chi connectivity index (χ3n) is 4.12. The van der Waals surface area contributed by atoms with E-state index in [2.05, 4.69) is 41.4 Å². The van der Waals surface area contributed by atoms with Gasteiger partial charge in [-0.3, -0.25) is 0 Å². The van der Waals surface area contributed by atoms with E-state index in [0.29, 0.717) is 5.75 Å². The van der Waals surface area contributed by atoms with Crippen LogP contribution in [0.25, 0.3) is 0 Å². The summed E-state index contributed by atoms with van der Waals surface area (Å²) in [5, 5.41) is 13.0. The quantitative estimate of drug-likeness (QED) is 0.883. The van der Waals surface area contributed by atoms with Gasteiger partial charge >= 0.3 is 0 Å². The molecule has 1 fully saturated rings. The number of aromatic hydroxyl groups is 1. The summed E-state index contributed by atoms with van der Waals surface area (Å²) in [4.78, 5) is 2.45. The lowest BCUT2D eigenvalue weighted by molar-refractivity contribution is 0.475. The summed E-state index contributed by atoms with van der Waals surface area (Å²) in [6.07, 6.45) is 2.56. The van der Waals surface area contributed by atoms with E-state index in [1.54, 1.807) is 12.1 Å². The average molecular weight is 282 g/mol. The minimum Gasteiger partial charge on any atom is -0.508 e. The molecule has 1 atom stereocenters. The Labute approximate surface area is 126 Å². The largest absolute Gasteiger partial charge is 0.508 e. The van der Waals surface area contributed by atoms with Crippen LogP contribution < -0.4 is 10.2 Å². The van der Waals surface area contributed by atoms with Crippen LogP contribution in [0.3, 0.4) is 0 Å². The van der Waals surface area contributed by atoms with Crippen LogP contribution >= 0.6 is 0 Å². The van der Waals surface area contributed by atoms with E-state index < -0.39 is 0 Å². The van der Waals surface area contributed by atoms with Crippen molar-refractivity contribution in [2.45, 2.75) is 25.8 Å². The minimum absolute atomic E-state index is 0.203. The molecule has 0 saturated carbocycles. The Hall–Kier alpha value is -2.16. The third-order valence-corrected chi connectivity index (χ3v) is 4.12. The van der Waals surface area contributed by atoms with Crippen LogP contribution in [-0.2, 0) is 0 Å². The Bertz CT molecular complexity index is 588. The van der Waals surface area contributed by atoms with Gasteiger partial charge < -0.3 is 15.3 Å². The van der Waals surface area contributed by atoms with Crippen molar-refractivity contribution in [3.05, 3.63) is 54.1 Å². The van der Waals surface area contributed by atoms with Gasteiger partial charge in [0, 0.05) is 19.1 Å². The van der Waals surface area contributed by atoms with Crippen LogP contribution in [0, 0.1) is 0 Å². The smallest absolute Gasteiger partial charge is 0.115 e. The molecule has 0 spiro atoms. The normalized spacial score (nSPS) is 16.0. The van der Waals surface area contributed by atoms with Crippen LogP contribution in [0.15, 0.2) is 48.5 Å². The fraction of sp³-hybridized carbons (Fsp3) is 0.333. The summed E-state index contributed by atoms with van der Waals surface area (Å²) in [5.74, 6) is 0.309. The van der Waals surface area contributed by atoms with E-state index in [9.17, 15) is 5.11 Å². The van der Waals surface area contributed by atoms with Gasteiger partial charge in [-0.05, 0) is 49.6 Å². The average Bonchev–Trinajstić information content (AvgIpc) is 3.02. The molecular formula is C18H22N2O. The number of anilines is 2. The summed E-state index contributed by atoms with van der Waals surface area (Å²) >= 11 is 0. The van der Waals surface area contributed by atoms with Crippen molar-refractivity contribution < 1.29 is 5.11 Å². The van der Waals surface area contributed by atoms with Crippen molar-refractivity contribution in [2.24, 2.45) is 0 Å². The highest BCUT2D eigenvalue weighted by molar-refractivity contribution is 5.70. The molecule has 3 rings (SSSR count). The predicted molar refractivity (Wildman–Crippen MR) is 88.0 cm³/mol. The Balaban J connectivity index is 1.79. The van der Waals surface area contributed by atoms with Crippen molar-refractivity contribution in [1.82, 2.24) is 0 Å². The van der Waals surface area contributed by atoms with Gasteiger partial charge in [0.2, 0.25) is 0 Å². The first-order valence-corrected chi connectivity index (χ1v) is 7.63. The zero-order valence-electron chi connectivity index (χ0n) is 12.4. The maximum Gasteiger partial charge on any atom is 0.115 e. The molecule has 1 aliphatic rings. The molecule has 3 heteroatoms. The van der Waals surface area contributed by atoms with Crippen molar-refractivity contribution in [1.29, 1.82) is 0 Å². The molecule has 1 aliphatic heterocycles. The second kappa shape index (κ2) is 6.08. The van der Waals surface area contributed by atoms with Crippen molar-refractivity contribution >= 4 is 11.4 Å². The van der Waals surface area contributed by atoms with E-state index in [4.69, 9.17) is 0 Å². The van der Waals surface area contributed by atoms with Crippen molar-refractivity contribution in [3.63, 3.8) is 0 Å². The molecule has 0 radical (unpaired) electrons. The van der Waals surface area contributed by atoms with Crippen LogP contribution in [0.2, 0.25) is 0 Å². The van der Waals surface area contributed by atoms with E-state index >= 15 is 0 Å².